The molecular weight excluding hydrogens is 291 g/mol. The highest BCUT2D eigenvalue weighted by Gasteiger charge is 2.08. The first-order valence-electron chi connectivity index (χ1n) is 7.33. The maximum atomic E-state index is 12.8. The van der Waals surface area contributed by atoms with Crippen LogP contribution in [0, 0.1) is 34.6 Å². The molecule has 0 heterocycles. The number of ether oxygens (including phenoxy) is 1. The van der Waals surface area contributed by atoms with E-state index in [0.29, 0.717) is 0 Å². The van der Waals surface area contributed by atoms with E-state index in [9.17, 15) is 5.11 Å². The molecule has 0 aliphatic carbocycles. The number of hydrogen-bond donors (Lipinski definition) is 0. The summed E-state index contributed by atoms with van der Waals surface area (Å²) in [5.41, 5.74) is 6.70. The highest BCUT2D eigenvalue weighted by molar-refractivity contribution is 7.49. The summed E-state index contributed by atoms with van der Waals surface area (Å²) in [6, 6.07) is 7.95. The van der Waals surface area contributed by atoms with Gasteiger partial charge < -0.3 is 9.84 Å². The molecule has 0 unspecified atom stereocenters. The Hall–Kier alpha value is -1.63. The first-order valence-corrected chi connectivity index (χ1v) is 8.22. The lowest BCUT2D eigenvalue weighted by atomic mass is 9.95. The molecule has 2 nitrogen and oxygen atoms in total. The van der Waals surface area contributed by atoms with Gasteiger partial charge in [0, 0.05) is 5.30 Å². The van der Waals surface area contributed by atoms with Gasteiger partial charge in [0.05, 0.1) is 7.11 Å². The molecule has 0 saturated carbocycles. The zero-order valence-corrected chi connectivity index (χ0v) is 15.0. The largest absolute Gasteiger partial charge is 0.823 e. The molecule has 0 aromatic heterocycles. The van der Waals surface area contributed by atoms with Crippen molar-refractivity contribution in [2.45, 2.75) is 34.6 Å². The van der Waals surface area contributed by atoms with Crippen molar-refractivity contribution in [1.82, 2.24) is 0 Å². The molecule has 22 heavy (non-hydrogen) atoms. The predicted molar refractivity (Wildman–Crippen MR) is 93.8 cm³/mol. The lowest BCUT2D eigenvalue weighted by Crippen LogP contribution is -2.21. The van der Waals surface area contributed by atoms with Crippen LogP contribution in [0.1, 0.15) is 33.4 Å². The summed E-state index contributed by atoms with van der Waals surface area (Å²) in [6.45, 7) is 10.2. The van der Waals surface area contributed by atoms with Gasteiger partial charge in [0.15, 0.2) is 0 Å². The summed E-state index contributed by atoms with van der Waals surface area (Å²) in [6.07, 6.45) is 0. The van der Waals surface area contributed by atoms with E-state index in [0.717, 1.165) is 41.5 Å². The van der Waals surface area contributed by atoms with Crippen LogP contribution in [0.2, 0.25) is 0 Å². The Balaban J connectivity index is 2.53. The Morgan fingerprint density at radius 1 is 0.909 bits per heavy atom. The Bertz CT molecular complexity index is 746. The number of methoxy groups -OCH3 is 1. The van der Waals surface area contributed by atoms with E-state index in [-0.39, 0.29) is 5.48 Å². The van der Waals surface area contributed by atoms with Gasteiger partial charge in [-0.05, 0) is 86.2 Å². The number of benzene rings is 2. The molecule has 0 radical (unpaired) electrons. The molecule has 2 rings (SSSR count). The molecule has 0 spiro atoms. The van der Waals surface area contributed by atoms with Gasteiger partial charge in [0.25, 0.3) is 0 Å². The molecule has 0 amide bonds. The topological polar surface area (TPSA) is 32.3 Å². The van der Waals surface area contributed by atoms with Crippen molar-refractivity contribution >= 4 is 19.0 Å². The second kappa shape index (κ2) is 6.64. The zero-order chi connectivity index (χ0) is 16.4. The monoisotopic (exact) mass is 313 g/mol. The first kappa shape index (κ1) is 16.7. The summed E-state index contributed by atoms with van der Waals surface area (Å²) in [5.74, 6) is 0.822. The van der Waals surface area contributed by atoms with Gasteiger partial charge in [-0.15, -0.1) is 5.48 Å². The summed E-state index contributed by atoms with van der Waals surface area (Å²) >= 11 is 0. The van der Waals surface area contributed by atoms with Crippen LogP contribution in [0.3, 0.4) is 0 Å². The fourth-order valence-corrected chi connectivity index (χ4v) is 3.72. The van der Waals surface area contributed by atoms with E-state index in [1.165, 1.54) is 11.1 Å². The minimum atomic E-state index is 0.159. The minimum absolute atomic E-state index is 0.159. The molecule has 0 fully saturated rings. The average Bonchev–Trinajstić information content (AvgIpc) is 2.47. The lowest BCUT2D eigenvalue weighted by Gasteiger charge is -2.21. The van der Waals surface area contributed by atoms with Crippen LogP contribution in [0.5, 0.6) is 5.75 Å². The molecule has 0 saturated heterocycles. The highest BCUT2D eigenvalue weighted by Crippen LogP contribution is 2.23. The third-order valence-electron chi connectivity index (χ3n) is 4.20. The van der Waals surface area contributed by atoms with Gasteiger partial charge in [0.1, 0.15) is 5.75 Å². The van der Waals surface area contributed by atoms with Gasteiger partial charge in [-0.1, -0.05) is 14.3 Å². The van der Waals surface area contributed by atoms with Gasteiger partial charge in [0.2, 0.25) is 0 Å². The highest BCUT2D eigenvalue weighted by atomic mass is 31.1. The standard InChI is InChI=1S/C19H23O2P/c1-11-9-13(3)18(15(5)14(11)4)19(20)22-17-8-7-16(21-6)10-12(17)2/h7-10,20H,1-6H3/p-1. The molecule has 0 atom stereocenters. The van der Waals surface area contributed by atoms with E-state index < -0.39 is 0 Å². The third-order valence-corrected chi connectivity index (χ3v) is 5.37. The SMILES string of the molecule is COc1ccc(P=C([O-])c2c(C)cc(C)c(C)c2C)c(C)c1. The van der Waals surface area contributed by atoms with Crippen molar-refractivity contribution < 1.29 is 9.84 Å². The normalized spacial score (nSPS) is 11.7. The molecule has 2 aromatic rings. The molecule has 0 aliphatic heterocycles. The predicted octanol–water partition coefficient (Wildman–Crippen LogP) is 3.35. The van der Waals surface area contributed by atoms with Crippen molar-refractivity contribution in [3.8, 4) is 5.75 Å². The van der Waals surface area contributed by atoms with E-state index in [4.69, 9.17) is 4.74 Å². The molecule has 3 heteroatoms. The fraction of sp³-hybridized carbons (Fsp3) is 0.316. The number of aryl methyl sites for hydroxylation is 3. The van der Waals surface area contributed by atoms with Crippen molar-refractivity contribution in [3.63, 3.8) is 0 Å². The van der Waals surface area contributed by atoms with E-state index >= 15 is 0 Å². The fourth-order valence-electron chi connectivity index (χ4n) is 2.66. The van der Waals surface area contributed by atoms with E-state index in [1.807, 2.05) is 39.0 Å². The number of rotatable bonds is 3. The molecular formula is C19H22O2P-. The van der Waals surface area contributed by atoms with Crippen LogP contribution < -0.4 is 15.1 Å². The quantitative estimate of drug-likeness (QED) is 0.814. The Morgan fingerprint density at radius 2 is 1.59 bits per heavy atom. The Kier molecular flexibility index (Phi) is 5.05. The van der Waals surface area contributed by atoms with Crippen LogP contribution in [-0.2, 0) is 0 Å². The van der Waals surface area contributed by atoms with E-state index in [2.05, 4.69) is 19.9 Å². The van der Waals surface area contributed by atoms with Crippen LogP contribution in [0.25, 0.3) is 0 Å². The average molecular weight is 313 g/mol. The lowest BCUT2D eigenvalue weighted by molar-refractivity contribution is -0.207. The molecule has 0 N–H and O–H groups in total. The molecule has 0 aliphatic rings. The summed E-state index contributed by atoms with van der Waals surface area (Å²) in [5, 5.41) is 13.8. The molecule has 2 aromatic carbocycles. The minimum Gasteiger partial charge on any atom is -0.823 e. The van der Waals surface area contributed by atoms with Gasteiger partial charge >= 0.3 is 0 Å². The number of hydrogen-bond acceptors (Lipinski definition) is 2. The smallest absolute Gasteiger partial charge is 0.119 e. The second-order valence-electron chi connectivity index (χ2n) is 5.70. The van der Waals surface area contributed by atoms with Gasteiger partial charge in [-0.3, -0.25) is 0 Å². The van der Waals surface area contributed by atoms with Crippen molar-refractivity contribution in [2.75, 3.05) is 7.11 Å². The molecule has 0 bridgehead atoms. The Morgan fingerprint density at radius 3 is 2.18 bits per heavy atom. The maximum absolute atomic E-state index is 12.8. The van der Waals surface area contributed by atoms with Crippen molar-refractivity contribution in [2.24, 2.45) is 0 Å². The van der Waals surface area contributed by atoms with Crippen LogP contribution in [0.15, 0.2) is 24.3 Å². The summed E-state index contributed by atoms with van der Waals surface area (Å²) < 4.78 is 5.22. The van der Waals surface area contributed by atoms with Crippen molar-refractivity contribution in [3.05, 3.63) is 57.6 Å². The summed E-state index contributed by atoms with van der Waals surface area (Å²) in [7, 11) is 2.37. The Labute approximate surface area is 134 Å². The van der Waals surface area contributed by atoms with Crippen LogP contribution in [0.4, 0.5) is 0 Å². The zero-order valence-electron chi connectivity index (χ0n) is 14.1. The van der Waals surface area contributed by atoms with Crippen LogP contribution in [-0.4, -0.2) is 12.6 Å². The van der Waals surface area contributed by atoms with E-state index in [1.54, 1.807) is 7.11 Å². The third kappa shape index (κ3) is 3.24. The second-order valence-corrected chi connectivity index (χ2v) is 6.82. The van der Waals surface area contributed by atoms with Crippen molar-refractivity contribution in [1.29, 1.82) is 0 Å². The summed E-state index contributed by atoms with van der Waals surface area (Å²) in [4.78, 5) is 0. The van der Waals surface area contributed by atoms with Crippen LogP contribution >= 0.6 is 8.20 Å². The first-order chi connectivity index (χ1) is 10.3. The molecule has 116 valence electrons. The van der Waals surface area contributed by atoms with Gasteiger partial charge in [-0.2, -0.15) is 0 Å². The maximum Gasteiger partial charge on any atom is 0.119 e. The van der Waals surface area contributed by atoms with Gasteiger partial charge in [-0.25, -0.2) is 0 Å².